The maximum absolute atomic E-state index is 13.0. The molecule has 0 saturated carbocycles. The van der Waals surface area contributed by atoms with Gasteiger partial charge in [-0.3, -0.25) is 14.8 Å². The van der Waals surface area contributed by atoms with Crippen LogP contribution in [0.3, 0.4) is 0 Å². The van der Waals surface area contributed by atoms with E-state index in [9.17, 15) is 31.7 Å². The van der Waals surface area contributed by atoms with Gasteiger partial charge in [-0.05, 0) is 59.9 Å². The molecule has 2 N–H and O–H groups in total. The summed E-state index contributed by atoms with van der Waals surface area (Å²) in [7, 11) is -4.15. The number of alkyl halides is 3. The molecule has 0 radical (unpaired) electrons. The van der Waals surface area contributed by atoms with E-state index in [0.29, 0.717) is 0 Å². The van der Waals surface area contributed by atoms with Gasteiger partial charge in [-0.1, -0.05) is 30.4 Å². The Hall–Kier alpha value is -3.86. The molecular formula is C25H20F3N3O4S. The van der Waals surface area contributed by atoms with Crippen LogP contribution in [0.1, 0.15) is 35.1 Å². The van der Waals surface area contributed by atoms with Gasteiger partial charge in [0.2, 0.25) is 0 Å². The summed E-state index contributed by atoms with van der Waals surface area (Å²) in [5.41, 5.74) is 1.24. The lowest BCUT2D eigenvalue weighted by atomic mass is 9.77. The average molecular weight is 516 g/mol. The van der Waals surface area contributed by atoms with E-state index in [1.807, 2.05) is 12.2 Å². The first kappa shape index (κ1) is 23.9. The van der Waals surface area contributed by atoms with E-state index in [1.165, 1.54) is 30.3 Å². The van der Waals surface area contributed by atoms with Crippen LogP contribution in [-0.2, 0) is 16.2 Å². The lowest BCUT2D eigenvalue weighted by Gasteiger charge is -2.37. The fourth-order valence-corrected chi connectivity index (χ4v) is 5.93. The summed E-state index contributed by atoms with van der Waals surface area (Å²) < 4.78 is 67.4. The predicted molar refractivity (Wildman–Crippen MR) is 128 cm³/mol. The molecule has 7 nitrogen and oxygen atoms in total. The number of halogens is 3. The van der Waals surface area contributed by atoms with E-state index in [0.717, 1.165) is 41.4 Å². The van der Waals surface area contributed by atoms with E-state index in [4.69, 9.17) is 0 Å². The zero-order valence-corrected chi connectivity index (χ0v) is 19.4. The van der Waals surface area contributed by atoms with E-state index in [-0.39, 0.29) is 34.1 Å². The van der Waals surface area contributed by atoms with Gasteiger partial charge in [-0.15, -0.1) is 0 Å². The lowest BCUT2D eigenvalue weighted by molar-refractivity contribution is -0.384. The Labute approximate surface area is 204 Å². The standard InChI is InChI=1S/C25H20F3N3O4S/c26-25(27,28)16-3-1-4-17(13-16)30-36(34,35)19-11-12-23-22(14-19)20-5-2-6-21(20)24(29-23)15-7-9-18(10-8-15)31(32)33/h1-5,7-14,20-21,24,29-30H,6H2/t20-,21+,24+/m0/s1. The number of nitrogens with one attached hydrogen (secondary N) is 2. The van der Waals surface area contributed by atoms with Crippen molar-refractivity contribution in [1.29, 1.82) is 0 Å². The number of nitrogens with zero attached hydrogens (tertiary/aromatic N) is 1. The van der Waals surface area contributed by atoms with E-state index < -0.39 is 26.7 Å². The highest BCUT2D eigenvalue weighted by Crippen LogP contribution is 2.50. The van der Waals surface area contributed by atoms with Crippen LogP contribution in [0, 0.1) is 16.0 Å². The van der Waals surface area contributed by atoms with E-state index in [1.54, 1.807) is 18.2 Å². The first-order valence-corrected chi connectivity index (χ1v) is 12.5. The third kappa shape index (κ3) is 4.41. The molecule has 3 aromatic carbocycles. The molecule has 0 unspecified atom stereocenters. The molecule has 1 aliphatic heterocycles. The highest BCUT2D eigenvalue weighted by Gasteiger charge is 2.38. The number of hydrogen-bond acceptors (Lipinski definition) is 5. The Kier molecular flexibility index (Phi) is 5.74. The van der Waals surface area contributed by atoms with Gasteiger partial charge in [0.25, 0.3) is 15.7 Å². The first-order chi connectivity index (χ1) is 17.0. The summed E-state index contributed by atoms with van der Waals surface area (Å²) in [4.78, 5) is 10.5. The van der Waals surface area contributed by atoms with Gasteiger partial charge in [0.15, 0.2) is 0 Å². The summed E-state index contributed by atoms with van der Waals surface area (Å²) in [5, 5.41) is 14.4. The number of fused-ring (bicyclic) bond motifs is 3. The molecule has 0 fully saturated rings. The average Bonchev–Trinajstić information content (AvgIpc) is 3.33. The van der Waals surface area contributed by atoms with Crippen molar-refractivity contribution in [2.45, 2.75) is 29.5 Å². The minimum atomic E-state index is -4.59. The number of allylic oxidation sites excluding steroid dienone is 2. The molecule has 0 aromatic heterocycles. The van der Waals surface area contributed by atoms with Crippen LogP contribution in [0.2, 0.25) is 0 Å². The number of non-ortho nitro benzene ring substituents is 1. The van der Waals surface area contributed by atoms with Crippen LogP contribution < -0.4 is 10.0 Å². The largest absolute Gasteiger partial charge is 0.416 e. The molecule has 3 atom stereocenters. The van der Waals surface area contributed by atoms with Crippen molar-refractivity contribution in [2.75, 3.05) is 10.0 Å². The summed E-state index contributed by atoms with van der Waals surface area (Å²) in [6, 6.07) is 14.8. The van der Waals surface area contributed by atoms with Crippen molar-refractivity contribution in [1.82, 2.24) is 0 Å². The summed E-state index contributed by atoms with van der Waals surface area (Å²) >= 11 is 0. The fourth-order valence-electron chi connectivity index (χ4n) is 4.85. The van der Waals surface area contributed by atoms with Gasteiger partial charge in [0.1, 0.15) is 0 Å². The van der Waals surface area contributed by atoms with Gasteiger partial charge in [-0.2, -0.15) is 13.2 Å². The van der Waals surface area contributed by atoms with E-state index in [2.05, 4.69) is 10.0 Å². The number of nitro benzene ring substituents is 1. The van der Waals surface area contributed by atoms with Crippen LogP contribution in [0.5, 0.6) is 0 Å². The molecular weight excluding hydrogens is 495 g/mol. The summed E-state index contributed by atoms with van der Waals surface area (Å²) in [6.45, 7) is 0. The van der Waals surface area contributed by atoms with Gasteiger partial charge in [0.05, 0.1) is 21.4 Å². The van der Waals surface area contributed by atoms with Crippen LogP contribution in [0.4, 0.5) is 30.2 Å². The molecule has 186 valence electrons. The van der Waals surface area contributed by atoms with Gasteiger partial charge in [-0.25, -0.2) is 8.42 Å². The smallest absolute Gasteiger partial charge is 0.378 e. The molecule has 36 heavy (non-hydrogen) atoms. The van der Waals surface area contributed by atoms with Crippen LogP contribution in [-0.4, -0.2) is 13.3 Å². The topological polar surface area (TPSA) is 101 Å². The van der Waals surface area contributed by atoms with Crippen LogP contribution in [0.25, 0.3) is 0 Å². The van der Waals surface area contributed by atoms with Gasteiger partial charge < -0.3 is 5.32 Å². The van der Waals surface area contributed by atoms with Gasteiger partial charge >= 0.3 is 6.18 Å². The Morgan fingerprint density at radius 1 is 1.03 bits per heavy atom. The third-order valence-electron chi connectivity index (χ3n) is 6.55. The van der Waals surface area contributed by atoms with Crippen LogP contribution >= 0.6 is 0 Å². The third-order valence-corrected chi connectivity index (χ3v) is 7.93. The molecule has 0 saturated heterocycles. The second-order valence-corrected chi connectivity index (χ2v) is 10.4. The van der Waals surface area contributed by atoms with Crippen molar-refractivity contribution in [3.05, 3.63) is 106 Å². The van der Waals surface area contributed by atoms with Crippen molar-refractivity contribution >= 4 is 27.1 Å². The first-order valence-electron chi connectivity index (χ1n) is 11.0. The second-order valence-electron chi connectivity index (χ2n) is 8.76. The maximum atomic E-state index is 13.0. The number of anilines is 2. The van der Waals surface area contributed by atoms with Crippen molar-refractivity contribution in [3.8, 4) is 0 Å². The second kappa shape index (κ2) is 8.66. The molecule has 3 aromatic rings. The van der Waals surface area contributed by atoms with Crippen molar-refractivity contribution < 1.29 is 26.5 Å². The Morgan fingerprint density at radius 2 is 1.78 bits per heavy atom. The monoisotopic (exact) mass is 515 g/mol. The maximum Gasteiger partial charge on any atom is 0.416 e. The van der Waals surface area contributed by atoms with Crippen molar-refractivity contribution in [3.63, 3.8) is 0 Å². The summed E-state index contributed by atoms with van der Waals surface area (Å²) in [5.74, 6) is -0.0292. The Balaban J connectivity index is 1.44. The zero-order chi connectivity index (χ0) is 25.7. The Bertz CT molecular complexity index is 1470. The molecule has 1 aliphatic carbocycles. The molecule has 0 spiro atoms. The quantitative estimate of drug-likeness (QED) is 0.238. The minimum Gasteiger partial charge on any atom is -0.378 e. The molecule has 11 heteroatoms. The van der Waals surface area contributed by atoms with E-state index >= 15 is 0 Å². The molecule has 0 bridgehead atoms. The predicted octanol–water partition coefficient (Wildman–Crippen LogP) is 6.24. The number of nitro groups is 1. The van der Waals surface area contributed by atoms with Crippen LogP contribution in [0.15, 0.2) is 83.8 Å². The van der Waals surface area contributed by atoms with Gasteiger partial charge in [0, 0.05) is 29.4 Å². The lowest BCUT2D eigenvalue weighted by Crippen LogP contribution is -2.29. The highest BCUT2D eigenvalue weighted by atomic mass is 32.2. The fraction of sp³-hybridized carbons (Fsp3) is 0.200. The highest BCUT2D eigenvalue weighted by molar-refractivity contribution is 7.92. The Morgan fingerprint density at radius 3 is 2.47 bits per heavy atom. The molecule has 0 amide bonds. The number of hydrogen-bond donors (Lipinski definition) is 2. The number of benzene rings is 3. The molecule has 1 heterocycles. The number of rotatable bonds is 5. The van der Waals surface area contributed by atoms with Crippen molar-refractivity contribution in [2.24, 2.45) is 5.92 Å². The summed E-state index contributed by atoms with van der Waals surface area (Å²) in [6.07, 6.45) is 0.174. The molecule has 5 rings (SSSR count). The minimum absolute atomic E-state index is 0.000764. The SMILES string of the molecule is O=[N+]([O-])c1ccc([C@H]2Nc3ccc(S(=O)(=O)Nc4cccc(C(F)(F)F)c4)cc3[C@H]3C=CC[C@H]32)cc1. The number of sulfonamides is 1. The zero-order valence-electron chi connectivity index (χ0n) is 18.6. The molecule has 2 aliphatic rings. The normalized spacial score (nSPS) is 20.8.